The molecule has 2 aliphatic rings. The molecule has 0 unspecified atom stereocenters. The van der Waals surface area contributed by atoms with Gasteiger partial charge in [0.05, 0.1) is 13.2 Å². The van der Waals surface area contributed by atoms with Crippen molar-refractivity contribution >= 4 is 15.9 Å². The molecule has 0 radical (unpaired) electrons. The lowest BCUT2D eigenvalue weighted by molar-refractivity contribution is -0.160. The molecule has 0 amide bonds. The Bertz CT molecular complexity index is 207. The summed E-state index contributed by atoms with van der Waals surface area (Å²) in [5.41, 5.74) is 1.42. The molecule has 0 aromatic rings. The summed E-state index contributed by atoms with van der Waals surface area (Å²) >= 11 is 3.50. The fourth-order valence-electron chi connectivity index (χ4n) is 2.03. The van der Waals surface area contributed by atoms with E-state index in [9.17, 15) is 0 Å². The van der Waals surface area contributed by atoms with Crippen molar-refractivity contribution in [1.82, 2.24) is 0 Å². The Morgan fingerprint density at radius 2 is 2.15 bits per heavy atom. The predicted octanol–water partition coefficient (Wildman–Crippen LogP) is 2.62. The minimum Gasteiger partial charge on any atom is -0.347 e. The van der Waals surface area contributed by atoms with Crippen LogP contribution in [0, 0.1) is 0 Å². The predicted molar refractivity (Wildman–Crippen MR) is 55.0 cm³/mol. The van der Waals surface area contributed by atoms with E-state index in [1.165, 1.54) is 12.0 Å². The average molecular weight is 247 g/mol. The fraction of sp³-hybridized carbons (Fsp3) is 0.800. The standard InChI is InChI=1S/C10H15BrO2/c11-8-9-3-1-2-4-10(7-9)12-5-6-13-10/h3H,1-2,4-8H2. The topological polar surface area (TPSA) is 18.5 Å². The maximum Gasteiger partial charge on any atom is 0.172 e. The van der Waals surface area contributed by atoms with E-state index in [-0.39, 0.29) is 5.79 Å². The van der Waals surface area contributed by atoms with E-state index >= 15 is 0 Å². The van der Waals surface area contributed by atoms with E-state index in [0.29, 0.717) is 0 Å². The Hall–Kier alpha value is 0.140. The third-order valence-corrected chi connectivity index (χ3v) is 3.40. The maximum atomic E-state index is 5.71. The molecule has 74 valence electrons. The number of ether oxygens (including phenoxy) is 2. The zero-order chi connectivity index (χ0) is 9.15. The monoisotopic (exact) mass is 246 g/mol. The highest BCUT2D eigenvalue weighted by molar-refractivity contribution is 9.09. The van der Waals surface area contributed by atoms with Crippen molar-refractivity contribution in [2.45, 2.75) is 31.5 Å². The highest BCUT2D eigenvalue weighted by Crippen LogP contribution is 2.35. The molecule has 0 aromatic heterocycles. The molecule has 0 bridgehead atoms. The van der Waals surface area contributed by atoms with Crippen LogP contribution in [-0.2, 0) is 9.47 Å². The SMILES string of the molecule is BrCC1=CCCCC2(C1)OCCO2. The van der Waals surface area contributed by atoms with Gasteiger partial charge in [0.1, 0.15) is 0 Å². The van der Waals surface area contributed by atoms with Gasteiger partial charge in [0, 0.05) is 18.2 Å². The molecular weight excluding hydrogens is 232 g/mol. The van der Waals surface area contributed by atoms with Crippen LogP contribution in [0.5, 0.6) is 0 Å². The molecule has 1 aliphatic carbocycles. The molecule has 1 saturated heterocycles. The first-order valence-electron chi connectivity index (χ1n) is 4.86. The average Bonchev–Trinajstić information content (AvgIpc) is 2.48. The Kier molecular flexibility index (Phi) is 3.06. The van der Waals surface area contributed by atoms with Crippen LogP contribution >= 0.6 is 15.9 Å². The van der Waals surface area contributed by atoms with Crippen LogP contribution in [0.1, 0.15) is 25.7 Å². The van der Waals surface area contributed by atoms with E-state index in [1.54, 1.807) is 0 Å². The van der Waals surface area contributed by atoms with Gasteiger partial charge in [0.25, 0.3) is 0 Å². The summed E-state index contributed by atoms with van der Waals surface area (Å²) < 4.78 is 11.4. The van der Waals surface area contributed by atoms with Gasteiger partial charge < -0.3 is 9.47 Å². The van der Waals surface area contributed by atoms with E-state index in [1.807, 2.05) is 0 Å². The molecule has 0 atom stereocenters. The molecule has 1 heterocycles. The van der Waals surface area contributed by atoms with Crippen LogP contribution in [0.2, 0.25) is 0 Å². The highest BCUT2D eigenvalue weighted by Gasteiger charge is 2.37. The van der Waals surface area contributed by atoms with E-state index in [0.717, 1.165) is 37.8 Å². The second-order valence-electron chi connectivity index (χ2n) is 3.67. The van der Waals surface area contributed by atoms with Crippen LogP contribution in [-0.4, -0.2) is 24.3 Å². The zero-order valence-electron chi connectivity index (χ0n) is 7.72. The van der Waals surface area contributed by atoms with Gasteiger partial charge in [0.15, 0.2) is 5.79 Å². The molecule has 13 heavy (non-hydrogen) atoms. The highest BCUT2D eigenvalue weighted by atomic mass is 79.9. The summed E-state index contributed by atoms with van der Waals surface area (Å²) in [6, 6.07) is 0. The number of allylic oxidation sites excluding steroid dienone is 1. The molecule has 2 nitrogen and oxygen atoms in total. The van der Waals surface area contributed by atoms with E-state index in [4.69, 9.17) is 9.47 Å². The van der Waals surface area contributed by atoms with Gasteiger partial charge in [-0.3, -0.25) is 0 Å². The lowest BCUT2D eigenvalue weighted by atomic mass is 10.1. The summed E-state index contributed by atoms with van der Waals surface area (Å²) in [6.45, 7) is 1.52. The summed E-state index contributed by atoms with van der Waals surface area (Å²) in [7, 11) is 0. The smallest absolute Gasteiger partial charge is 0.172 e. The normalized spacial score (nSPS) is 27.3. The second kappa shape index (κ2) is 4.11. The first-order valence-corrected chi connectivity index (χ1v) is 5.99. The Morgan fingerprint density at radius 1 is 1.38 bits per heavy atom. The van der Waals surface area contributed by atoms with E-state index in [2.05, 4.69) is 22.0 Å². The third kappa shape index (κ3) is 2.14. The largest absolute Gasteiger partial charge is 0.347 e. The first-order chi connectivity index (χ1) is 6.35. The number of halogens is 1. The van der Waals surface area contributed by atoms with E-state index < -0.39 is 0 Å². The maximum absolute atomic E-state index is 5.71. The van der Waals surface area contributed by atoms with Crippen LogP contribution in [0.15, 0.2) is 11.6 Å². The second-order valence-corrected chi connectivity index (χ2v) is 4.23. The number of rotatable bonds is 1. The Balaban J connectivity index is 2.08. The summed E-state index contributed by atoms with van der Waals surface area (Å²) in [5.74, 6) is -0.268. The van der Waals surface area contributed by atoms with Crippen LogP contribution in [0.25, 0.3) is 0 Å². The minimum atomic E-state index is -0.268. The number of hydrogen-bond acceptors (Lipinski definition) is 2. The van der Waals surface area contributed by atoms with Gasteiger partial charge in [0.2, 0.25) is 0 Å². The molecule has 1 spiro atoms. The number of alkyl halides is 1. The van der Waals surface area contributed by atoms with Gasteiger partial charge in [-0.2, -0.15) is 0 Å². The lowest BCUT2D eigenvalue weighted by Crippen LogP contribution is -2.30. The molecule has 0 aromatic carbocycles. The number of hydrogen-bond donors (Lipinski definition) is 0. The van der Waals surface area contributed by atoms with Gasteiger partial charge in [-0.25, -0.2) is 0 Å². The van der Waals surface area contributed by atoms with Crippen LogP contribution in [0.4, 0.5) is 0 Å². The molecule has 0 saturated carbocycles. The molecule has 1 aliphatic heterocycles. The fourth-order valence-corrected chi connectivity index (χ4v) is 2.46. The van der Waals surface area contributed by atoms with Gasteiger partial charge in [-0.05, 0) is 12.8 Å². The Morgan fingerprint density at radius 3 is 2.85 bits per heavy atom. The summed E-state index contributed by atoms with van der Waals surface area (Å²) in [5, 5.41) is 0.946. The molecule has 3 heteroatoms. The van der Waals surface area contributed by atoms with Crippen molar-refractivity contribution in [1.29, 1.82) is 0 Å². The van der Waals surface area contributed by atoms with Crippen LogP contribution in [0.3, 0.4) is 0 Å². The summed E-state index contributed by atoms with van der Waals surface area (Å²) in [6.07, 6.45) is 6.64. The first kappa shape index (κ1) is 9.69. The quantitative estimate of drug-likeness (QED) is 0.523. The van der Waals surface area contributed by atoms with Crippen molar-refractivity contribution < 1.29 is 9.47 Å². The van der Waals surface area contributed by atoms with Crippen LogP contribution < -0.4 is 0 Å². The zero-order valence-corrected chi connectivity index (χ0v) is 9.31. The van der Waals surface area contributed by atoms with Crippen molar-refractivity contribution in [3.05, 3.63) is 11.6 Å². The Labute approximate surface area is 87.4 Å². The third-order valence-electron chi connectivity index (χ3n) is 2.68. The lowest BCUT2D eigenvalue weighted by Gasteiger charge is -2.26. The molecule has 0 N–H and O–H groups in total. The molecular formula is C10H15BrO2. The van der Waals surface area contributed by atoms with Crippen molar-refractivity contribution in [2.75, 3.05) is 18.5 Å². The van der Waals surface area contributed by atoms with Gasteiger partial charge >= 0.3 is 0 Å². The summed E-state index contributed by atoms with van der Waals surface area (Å²) in [4.78, 5) is 0. The molecule has 1 fully saturated rings. The minimum absolute atomic E-state index is 0.268. The van der Waals surface area contributed by atoms with Crippen molar-refractivity contribution in [3.63, 3.8) is 0 Å². The molecule has 2 rings (SSSR count). The van der Waals surface area contributed by atoms with Gasteiger partial charge in [-0.1, -0.05) is 27.6 Å². The van der Waals surface area contributed by atoms with Gasteiger partial charge in [-0.15, -0.1) is 0 Å². The van der Waals surface area contributed by atoms with Crippen molar-refractivity contribution in [3.8, 4) is 0 Å². The van der Waals surface area contributed by atoms with Crippen molar-refractivity contribution in [2.24, 2.45) is 0 Å².